The summed E-state index contributed by atoms with van der Waals surface area (Å²) in [6, 6.07) is 11.3. The zero-order valence-electron chi connectivity index (χ0n) is 18.4. The lowest BCUT2D eigenvalue weighted by molar-refractivity contribution is -0.130. The molecule has 0 aromatic heterocycles. The first kappa shape index (κ1) is 23.5. The van der Waals surface area contributed by atoms with Gasteiger partial charge in [0.15, 0.2) is 0 Å². The molecule has 32 heavy (non-hydrogen) atoms. The number of hydrazone groups is 1. The number of hydrogen-bond donors (Lipinski definition) is 1. The quantitative estimate of drug-likeness (QED) is 0.433. The third-order valence-corrected chi connectivity index (χ3v) is 5.84. The van der Waals surface area contributed by atoms with Crippen molar-refractivity contribution in [2.75, 3.05) is 26.1 Å². The minimum absolute atomic E-state index is 0.0540. The Hall–Kier alpha value is -3.13. The van der Waals surface area contributed by atoms with E-state index in [0.29, 0.717) is 18.7 Å². The highest BCUT2D eigenvalue weighted by atomic mass is 79.9. The van der Waals surface area contributed by atoms with E-state index in [9.17, 15) is 9.59 Å². The van der Waals surface area contributed by atoms with Gasteiger partial charge in [-0.2, -0.15) is 5.10 Å². The third-order valence-electron chi connectivity index (χ3n) is 5.10. The first-order chi connectivity index (χ1) is 15.4. The first-order valence-corrected chi connectivity index (χ1v) is 11.1. The highest BCUT2D eigenvalue weighted by Gasteiger charge is 2.23. The summed E-state index contributed by atoms with van der Waals surface area (Å²) in [4.78, 5) is 24.6. The van der Waals surface area contributed by atoms with Crippen LogP contribution in [0.5, 0.6) is 5.75 Å². The lowest BCUT2D eigenvalue weighted by Crippen LogP contribution is -2.25. The van der Waals surface area contributed by atoms with Crippen LogP contribution >= 0.6 is 15.9 Å². The molecule has 0 atom stereocenters. The Morgan fingerprint density at radius 1 is 1.19 bits per heavy atom. The van der Waals surface area contributed by atoms with Crippen LogP contribution in [0.25, 0.3) is 0 Å². The normalized spacial score (nSPS) is 13.2. The van der Waals surface area contributed by atoms with Gasteiger partial charge in [-0.1, -0.05) is 41.1 Å². The first-order valence-electron chi connectivity index (χ1n) is 10.3. The van der Waals surface area contributed by atoms with Crippen LogP contribution < -0.4 is 10.1 Å². The number of benzene rings is 2. The molecule has 2 aromatic rings. The van der Waals surface area contributed by atoms with Crippen molar-refractivity contribution in [3.8, 4) is 5.75 Å². The predicted molar refractivity (Wildman–Crippen MR) is 128 cm³/mol. The fraction of sp³-hybridized carbons (Fsp3) is 0.292. The molecule has 168 valence electrons. The molecule has 2 amide bonds. The standard InChI is InChI=1S/C24H26BrN3O4/c1-4-16-13-18(20(25)15-22(16)32-3)14-24(30)28-11-9-21(27-28)17-5-7-19(8-6-17)26-23(29)10-12-31-2/h5-8,10,12-13,15H,4,9,11,14H2,1-3H3,(H,26,29)/b12-10+. The Bertz CT molecular complexity index is 1050. The molecule has 7 nitrogen and oxygen atoms in total. The molecule has 1 aliphatic heterocycles. The Kier molecular flexibility index (Phi) is 8.05. The highest BCUT2D eigenvalue weighted by molar-refractivity contribution is 9.10. The number of rotatable bonds is 8. The van der Waals surface area contributed by atoms with Gasteiger partial charge in [0, 0.05) is 22.7 Å². The van der Waals surface area contributed by atoms with E-state index in [1.54, 1.807) is 7.11 Å². The van der Waals surface area contributed by atoms with Crippen LogP contribution in [0.4, 0.5) is 5.69 Å². The number of methoxy groups -OCH3 is 2. The molecule has 1 aliphatic rings. The molecular weight excluding hydrogens is 474 g/mol. The van der Waals surface area contributed by atoms with Gasteiger partial charge in [-0.3, -0.25) is 9.59 Å². The van der Waals surface area contributed by atoms with Gasteiger partial charge >= 0.3 is 0 Å². The second-order valence-corrected chi connectivity index (χ2v) is 8.06. The van der Waals surface area contributed by atoms with Crippen LogP contribution in [-0.2, 0) is 27.2 Å². The second kappa shape index (κ2) is 10.9. The van der Waals surface area contributed by atoms with Gasteiger partial charge in [0.25, 0.3) is 5.91 Å². The van der Waals surface area contributed by atoms with E-state index in [2.05, 4.69) is 33.3 Å². The summed E-state index contributed by atoms with van der Waals surface area (Å²) in [6.07, 6.45) is 4.38. The molecule has 0 saturated heterocycles. The Morgan fingerprint density at radius 3 is 2.59 bits per heavy atom. The Labute approximate surface area is 196 Å². The number of carbonyl (C=O) groups excluding carboxylic acids is 2. The minimum atomic E-state index is -0.273. The molecule has 8 heteroatoms. The number of halogens is 1. The van der Waals surface area contributed by atoms with Crippen LogP contribution in [0.15, 0.2) is 58.3 Å². The SMILES string of the molecule is CCc1cc(CC(=O)N2CCC(c3ccc(NC(=O)/C=C/OC)cc3)=N2)c(Br)cc1OC. The van der Waals surface area contributed by atoms with Crippen molar-refractivity contribution < 1.29 is 19.1 Å². The van der Waals surface area contributed by atoms with Crippen LogP contribution in [0.1, 0.15) is 30.0 Å². The smallest absolute Gasteiger partial charge is 0.251 e. The summed E-state index contributed by atoms with van der Waals surface area (Å²) in [7, 11) is 3.12. The van der Waals surface area contributed by atoms with E-state index >= 15 is 0 Å². The maximum absolute atomic E-state index is 12.9. The lowest BCUT2D eigenvalue weighted by atomic mass is 10.0. The number of anilines is 1. The number of ether oxygens (including phenoxy) is 2. The van der Waals surface area contributed by atoms with Crippen LogP contribution in [-0.4, -0.2) is 43.3 Å². The average molecular weight is 500 g/mol. The summed E-state index contributed by atoms with van der Waals surface area (Å²) < 4.78 is 11.0. The summed E-state index contributed by atoms with van der Waals surface area (Å²) >= 11 is 3.55. The van der Waals surface area contributed by atoms with Crippen molar-refractivity contribution in [2.45, 2.75) is 26.2 Å². The van der Waals surface area contributed by atoms with Gasteiger partial charge in [0.1, 0.15) is 5.75 Å². The molecule has 2 aromatic carbocycles. The van der Waals surface area contributed by atoms with E-state index < -0.39 is 0 Å². The molecule has 0 radical (unpaired) electrons. The minimum Gasteiger partial charge on any atom is -0.504 e. The summed E-state index contributed by atoms with van der Waals surface area (Å²) in [5.41, 5.74) is 4.42. The maximum atomic E-state index is 12.9. The third kappa shape index (κ3) is 5.76. The molecular formula is C24H26BrN3O4. The number of nitrogens with zero attached hydrogens (tertiary/aromatic N) is 2. The van der Waals surface area contributed by atoms with Crippen molar-refractivity contribution >= 4 is 39.1 Å². The Morgan fingerprint density at radius 2 is 1.94 bits per heavy atom. The lowest BCUT2D eigenvalue weighted by Gasteiger charge is -2.14. The van der Waals surface area contributed by atoms with E-state index in [0.717, 1.165) is 39.0 Å². The zero-order valence-corrected chi connectivity index (χ0v) is 19.9. The number of hydrogen-bond acceptors (Lipinski definition) is 5. The van der Waals surface area contributed by atoms with E-state index in [4.69, 9.17) is 9.47 Å². The van der Waals surface area contributed by atoms with Crippen molar-refractivity contribution in [1.82, 2.24) is 5.01 Å². The largest absolute Gasteiger partial charge is 0.504 e. The molecule has 0 fully saturated rings. The molecule has 0 unspecified atom stereocenters. The monoisotopic (exact) mass is 499 g/mol. The van der Waals surface area contributed by atoms with E-state index in [-0.39, 0.29) is 18.2 Å². The molecule has 0 bridgehead atoms. The van der Waals surface area contributed by atoms with Crippen LogP contribution in [0, 0.1) is 0 Å². The molecule has 0 saturated carbocycles. The fourth-order valence-electron chi connectivity index (χ4n) is 3.41. The summed E-state index contributed by atoms with van der Waals surface area (Å²) in [6.45, 7) is 2.60. The predicted octanol–water partition coefficient (Wildman–Crippen LogP) is 4.30. The van der Waals surface area contributed by atoms with E-state index in [1.807, 2.05) is 36.4 Å². The van der Waals surface area contributed by atoms with Gasteiger partial charge in [-0.25, -0.2) is 5.01 Å². The van der Waals surface area contributed by atoms with Gasteiger partial charge in [-0.05, 0) is 41.3 Å². The second-order valence-electron chi connectivity index (χ2n) is 7.20. The van der Waals surface area contributed by atoms with Crippen LogP contribution in [0.3, 0.4) is 0 Å². The van der Waals surface area contributed by atoms with Gasteiger partial charge < -0.3 is 14.8 Å². The number of nitrogens with one attached hydrogen (secondary N) is 1. The topological polar surface area (TPSA) is 80.2 Å². The molecule has 1 N–H and O–H groups in total. The molecule has 3 rings (SSSR count). The number of aryl methyl sites for hydroxylation is 1. The zero-order chi connectivity index (χ0) is 23.1. The van der Waals surface area contributed by atoms with Crippen molar-refractivity contribution in [2.24, 2.45) is 5.10 Å². The van der Waals surface area contributed by atoms with E-state index in [1.165, 1.54) is 24.5 Å². The maximum Gasteiger partial charge on any atom is 0.251 e. The van der Waals surface area contributed by atoms with Gasteiger partial charge in [-0.15, -0.1) is 0 Å². The highest BCUT2D eigenvalue weighted by Crippen LogP contribution is 2.29. The van der Waals surface area contributed by atoms with Gasteiger partial charge in [0.05, 0.1) is 39.2 Å². The van der Waals surface area contributed by atoms with Crippen LogP contribution in [0.2, 0.25) is 0 Å². The van der Waals surface area contributed by atoms with Crippen molar-refractivity contribution in [3.05, 3.63) is 69.9 Å². The van der Waals surface area contributed by atoms with Crippen molar-refractivity contribution in [1.29, 1.82) is 0 Å². The van der Waals surface area contributed by atoms with Gasteiger partial charge in [0.2, 0.25) is 5.91 Å². The molecule has 0 aliphatic carbocycles. The molecule has 1 heterocycles. The molecule has 0 spiro atoms. The summed E-state index contributed by atoms with van der Waals surface area (Å²) in [5, 5.41) is 8.82. The fourth-order valence-corrected chi connectivity index (χ4v) is 3.87. The number of carbonyl (C=O) groups is 2. The average Bonchev–Trinajstić information content (AvgIpc) is 3.29. The van der Waals surface area contributed by atoms with Crippen molar-refractivity contribution in [3.63, 3.8) is 0 Å². The number of amides is 2. The summed E-state index contributed by atoms with van der Waals surface area (Å²) in [5.74, 6) is 0.485. The Balaban J connectivity index is 1.66.